The fourth-order valence-corrected chi connectivity index (χ4v) is 1.34. The highest BCUT2D eigenvalue weighted by molar-refractivity contribution is 5.62. The Balaban J connectivity index is 2.52. The first-order chi connectivity index (χ1) is 6.75. The summed E-state index contributed by atoms with van der Waals surface area (Å²) in [5.41, 5.74) is 2.46. The topological polar surface area (TPSA) is 25.8 Å². The van der Waals surface area contributed by atoms with Gasteiger partial charge in [0, 0.05) is 24.2 Å². The number of pyridine rings is 2. The Morgan fingerprint density at radius 3 is 2.43 bits per heavy atom. The smallest absolute Gasteiger partial charge is 0.213 e. The van der Waals surface area contributed by atoms with Gasteiger partial charge in [0.1, 0.15) is 0 Å². The van der Waals surface area contributed by atoms with E-state index in [4.69, 9.17) is 0 Å². The van der Waals surface area contributed by atoms with Crippen molar-refractivity contribution in [1.29, 1.82) is 0 Å². The van der Waals surface area contributed by atoms with Crippen molar-refractivity contribution in [3.8, 4) is 11.1 Å². The third-order valence-corrected chi connectivity index (χ3v) is 1.94. The molecule has 0 unspecified atom stereocenters. The zero-order chi connectivity index (χ0) is 9.97. The van der Waals surface area contributed by atoms with Gasteiger partial charge < -0.3 is 0 Å². The van der Waals surface area contributed by atoms with E-state index < -0.39 is 5.95 Å². The summed E-state index contributed by atoms with van der Waals surface area (Å²) in [6.07, 6.45) is 3.37. The lowest BCUT2D eigenvalue weighted by Gasteiger charge is -2.01. The van der Waals surface area contributed by atoms with Gasteiger partial charge in [-0.15, -0.1) is 0 Å². The summed E-state index contributed by atoms with van der Waals surface area (Å²) < 4.78 is 13.0. The molecule has 0 atom stereocenters. The lowest BCUT2D eigenvalue weighted by molar-refractivity contribution is 0.581. The van der Waals surface area contributed by atoms with E-state index in [0.717, 1.165) is 11.1 Å². The van der Waals surface area contributed by atoms with Crippen molar-refractivity contribution >= 4 is 0 Å². The average molecular weight is 188 g/mol. The number of hydrogen-bond acceptors (Lipinski definition) is 2. The third-order valence-electron chi connectivity index (χ3n) is 1.94. The fourth-order valence-electron chi connectivity index (χ4n) is 1.34. The van der Waals surface area contributed by atoms with E-state index >= 15 is 0 Å². The molecule has 0 aromatic carbocycles. The minimum atomic E-state index is -0.447. The number of aromatic nitrogens is 2. The van der Waals surface area contributed by atoms with Gasteiger partial charge in [0.15, 0.2) is 0 Å². The van der Waals surface area contributed by atoms with Crippen molar-refractivity contribution in [1.82, 2.24) is 9.97 Å². The highest BCUT2D eigenvalue weighted by atomic mass is 19.1. The molecule has 0 radical (unpaired) electrons. The lowest BCUT2D eigenvalue weighted by atomic mass is 10.1. The van der Waals surface area contributed by atoms with Gasteiger partial charge in [-0.1, -0.05) is 0 Å². The second-order valence-electron chi connectivity index (χ2n) is 3.06. The summed E-state index contributed by atoms with van der Waals surface area (Å²) in [4.78, 5) is 7.58. The van der Waals surface area contributed by atoms with Crippen LogP contribution < -0.4 is 0 Å². The van der Waals surface area contributed by atoms with Crippen LogP contribution in [-0.4, -0.2) is 9.97 Å². The Hall–Kier alpha value is -1.77. The molecular weight excluding hydrogens is 179 g/mol. The molecule has 0 aliphatic heterocycles. The van der Waals surface area contributed by atoms with Crippen LogP contribution in [0.5, 0.6) is 0 Å². The maximum atomic E-state index is 13.0. The van der Waals surface area contributed by atoms with Crippen LogP contribution in [-0.2, 0) is 0 Å². The van der Waals surface area contributed by atoms with Gasteiger partial charge in [0.25, 0.3) is 0 Å². The normalized spacial score (nSPS) is 10.1. The largest absolute Gasteiger partial charge is 0.265 e. The summed E-state index contributed by atoms with van der Waals surface area (Å²) in [5.74, 6) is -0.447. The molecule has 2 heterocycles. The van der Waals surface area contributed by atoms with E-state index in [1.54, 1.807) is 19.3 Å². The molecule has 2 nitrogen and oxygen atoms in total. The zero-order valence-corrected chi connectivity index (χ0v) is 7.74. The standard InChI is InChI=1S/C11H9FN2/c1-8-6-10(7-11(12)14-8)9-2-4-13-5-3-9/h2-7H,1H3. The van der Waals surface area contributed by atoms with Crippen LogP contribution >= 0.6 is 0 Å². The summed E-state index contributed by atoms with van der Waals surface area (Å²) >= 11 is 0. The van der Waals surface area contributed by atoms with Gasteiger partial charge in [0.2, 0.25) is 5.95 Å². The van der Waals surface area contributed by atoms with Crippen molar-refractivity contribution in [2.75, 3.05) is 0 Å². The zero-order valence-electron chi connectivity index (χ0n) is 7.74. The van der Waals surface area contributed by atoms with Crippen molar-refractivity contribution < 1.29 is 4.39 Å². The predicted molar refractivity (Wildman–Crippen MR) is 52.2 cm³/mol. The monoisotopic (exact) mass is 188 g/mol. The number of nitrogens with zero attached hydrogens (tertiary/aromatic N) is 2. The number of aryl methyl sites for hydroxylation is 1. The lowest BCUT2D eigenvalue weighted by Crippen LogP contribution is -1.88. The summed E-state index contributed by atoms with van der Waals surface area (Å²) in [7, 11) is 0. The number of rotatable bonds is 1. The van der Waals surface area contributed by atoms with Crippen LogP contribution in [0.2, 0.25) is 0 Å². The van der Waals surface area contributed by atoms with Crippen LogP contribution in [0.3, 0.4) is 0 Å². The Morgan fingerprint density at radius 2 is 1.79 bits per heavy atom. The predicted octanol–water partition coefficient (Wildman–Crippen LogP) is 2.59. The van der Waals surface area contributed by atoms with E-state index in [0.29, 0.717) is 5.69 Å². The second-order valence-corrected chi connectivity index (χ2v) is 3.06. The Kier molecular flexibility index (Phi) is 2.23. The molecule has 2 rings (SSSR count). The van der Waals surface area contributed by atoms with E-state index in [2.05, 4.69) is 9.97 Å². The quantitative estimate of drug-likeness (QED) is 0.643. The molecule has 0 N–H and O–H groups in total. The summed E-state index contributed by atoms with van der Waals surface area (Å²) in [6.45, 7) is 1.77. The highest BCUT2D eigenvalue weighted by Gasteiger charge is 2.01. The van der Waals surface area contributed by atoms with Crippen molar-refractivity contribution in [3.63, 3.8) is 0 Å². The molecule has 2 aromatic rings. The molecule has 14 heavy (non-hydrogen) atoms. The number of hydrogen-bond donors (Lipinski definition) is 0. The summed E-state index contributed by atoms with van der Waals surface area (Å²) in [5, 5.41) is 0. The first kappa shape index (κ1) is 8.81. The Bertz CT molecular complexity index is 420. The minimum absolute atomic E-state index is 0.447. The SMILES string of the molecule is Cc1cc(-c2ccncc2)cc(F)n1. The van der Waals surface area contributed by atoms with Crippen LogP contribution in [0.4, 0.5) is 4.39 Å². The molecular formula is C11H9FN2. The van der Waals surface area contributed by atoms with E-state index in [1.165, 1.54) is 6.07 Å². The Morgan fingerprint density at radius 1 is 1.07 bits per heavy atom. The molecule has 3 heteroatoms. The van der Waals surface area contributed by atoms with Crippen LogP contribution in [0.25, 0.3) is 11.1 Å². The molecule has 0 aliphatic rings. The first-order valence-corrected chi connectivity index (χ1v) is 4.30. The molecule has 0 amide bonds. The van der Waals surface area contributed by atoms with E-state index in [-0.39, 0.29) is 0 Å². The maximum Gasteiger partial charge on any atom is 0.213 e. The Labute approximate surface area is 81.5 Å². The molecule has 0 spiro atoms. The molecule has 2 aromatic heterocycles. The maximum absolute atomic E-state index is 13.0. The van der Waals surface area contributed by atoms with Gasteiger partial charge in [0.05, 0.1) is 0 Å². The molecule has 0 saturated carbocycles. The number of halogens is 1. The van der Waals surface area contributed by atoms with Crippen LogP contribution in [0, 0.1) is 12.9 Å². The van der Waals surface area contributed by atoms with Crippen molar-refractivity contribution in [2.45, 2.75) is 6.92 Å². The third kappa shape index (κ3) is 1.76. The highest BCUT2D eigenvalue weighted by Crippen LogP contribution is 2.19. The van der Waals surface area contributed by atoms with Crippen molar-refractivity contribution in [2.24, 2.45) is 0 Å². The van der Waals surface area contributed by atoms with Gasteiger partial charge in [-0.05, 0) is 36.2 Å². The molecule has 0 saturated heterocycles. The minimum Gasteiger partial charge on any atom is -0.265 e. The molecule has 0 fully saturated rings. The van der Waals surface area contributed by atoms with Crippen molar-refractivity contribution in [3.05, 3.63) is 48.3 Å². The van der Waals surface area contributed by atoms with Gasteiger partial charge in [-0.3, -0.25) is 4.98 Å². The van der Waals surface area contributed by atoms with E-state index in [9.17, 15) is 4.39 Å². The van der Waals surface area contributed by atoms with Gasteiger partial charge >= 0.3 is 0 Å². The summed E-state index contributed by atoms with van der Waals surface area (Å²) in [6, 6.07) is 6.95. The van der Waals surface area contributed by atoms with Gasteiger partial charge in [-0.2, -0.15) is 4.39 Å². The average Bonchev–Trinajstić information content (AvgIpc) is 2.18. The second kappa shape index (κ2) is 3.54. The molecule has 0 aliphatic carbocycles. The first-order valence-electron chi connectivity index (χ1n) is 4.30. The van der Waals surface area contributed by atoms with Gasteiger partial charge in [-0.25, -0.2) is 4.98 Å². The molecule has 0 bridgehead atoms. The fraction of sp³-hybridized carbons (Fsp3) is 0.0909. The van der Waals surface area contributed by atoms with E-state index in [1.807, 2.05) is 18.2 Å². The molecule has 70 valence electrons. The van der Waals surface area contributed by atoms with Crippen LogP contribution in [0.1, 0.15) is 5.69 Å². The van der Waals surface area contributed by atoms with Crippen LogP contribution in [0.15, 0.2) is 36.7 Å².